The van der Waals surface area contributed by atoms with E-state index in [4.69, 9.17) is 14.5 Å². The zero-order chi connectivity index (χ0) is 20.5. The van der Waals surface area contributed by atoms with Gasteiger partial charge in [-0.2, -0.15) is 0 Å². The monoisotopic (exact) mass is 530 g/mol. The highest BCUT2D eigenvalue weighted by Gasteiger charge is 2.27. The predicted molar refractivity (Wildman–Crippen MR) is 131 cm³/mol. The lowest BCUT2D eigenvalue weighted by atomic mass is 9.97. The zero-order valence-corrected chi connectivity index (χ0v) is 20.5. The maximum absolute atomic E-state index is 12.0. The number of ether oxygens (including phenoxy) is 2. The van der Waals surface area contributed by atoms with Crippen molar-refractivity contribution in [2.45, 2.75) is 33.2 Å². The second kappa shape index (κ2) is 13.0. The number of likely N-dealkylation sites (tertiary alicyclic amines) is 1. The molecular formula is C22H35IN4O3. The number of hydrogen-bond acceptors (Lipinski definition) is 5. The molecule has 8 heteroatoms. The zero-order valence-electron chi connectivity index (χ0n) is 18.1. The lowest BCUT2D eigenvalue weighted by molar-refractivity contribution is -0.149. The van der Waals surface area contributed by atoms with Gasteiger partial charge in [-0.1, -0.05) is 12.1 Å². The highest BCUT2D eigenvalue weighted by atomic mass is 127. The van der Waals surface area contributed by atoms with Crippen molar-refractivity contribution in [3.63, 3.8) is 0 Å². The lowest BCUT2D eigenvalue weighted by Gasteiger charge is -2.33. The number of benzene rings is 1. The van der Waals surface area contributed by atoms with Gasteiger partial charge < -0.3 is 24.6 Å². The van der Waals surface area contributed by atoms with Crippen molar-refractivity contribution in [1.29, 1.82) is 0 Å². The van der Waals surface area contributed by atoms with Gasteiger partial charge in [0.25, 0.3) is 0 Å². The van der Waals surface area contributed by atoms with E-state index in [0.29, 0.717) is 13.2 Å². The van der Waals surface area contributed by atoms with Crippen LogP contribution in [0.4, 0.5) is 5.69 Å². The normalized spacial score (nSPS) is 18.0. The van der Waals surface area contributed by atoms with Crippen LogP contribution >= 0.6 is 24.0 Å². The molecule has 0 unspecified atom stereocenters. The molecule has 2 aliphatic rings. The van der Waals surface area contributed by atoms with Crippen molar-refractivity contribution < 1.29 is 14.3 Å². The fraction of sp³-hybridized carbons (Fsp3) is 0.636. The van der Waals surface area contributed by atoms with Crippen molar-refractivity contribution in [2.75, 3.05) is 57.4 Å². The quantitative estimate of drug-likeness (QED) is 0.264. The molecule has 0 saturated carbocycles. The van der Waals surface area contributed by atoms with Crippen LogP contribution in [-0.2, 0) is 20.8 Å². The van der Waals surface area contributed by atoms with E-state index in [-0.39, 0.29) is 35.9 Å². The summed E-state index contributed by atoms with van der Waals surface area (Å²) in [5.41, 5.74) is 2.44. The number of anilines is 1. The van der Waals surface area contributed by atoms with Crippen LogP contribution in [0, 0.1) is 5.92 Å². The smallest absolute Gasteiger partial charge is 0.309 e. The number of nitrogens with zero attached hydrogens (tertiary/aromatic N) is 3. The Morgan fingerprint density at radius 1 is 1.13 bits per heavy atom. The molecule has 2 aliphatic heterocycles. The third-order valence-electron chi connectivity index (χ3n) is 5.47. The predicted octanol–water partition coefficient (Wildman–Crippen LogP) is 2.88. The van der Waals surface area contributed by atoms with Gasteiger partial charge in [0.05, 0.1) is 32.3 Å². The molecule has 7 nitrogen and oxygen atoms in total. The Morgan fingerprint density at radius 2 is 1.80 bits per heavy atom. The Kier molecular flexibility index (Phi) is 10.7. The summed E-state index contributed by atoms with van der Waals surface area (Å²) < 4.78 is 10.6. The molecule has 0 bridgehead atoms. The van der Waals surface area contributed by atoms with E-state index in [2.05, 4.69) is 46.3 Å². The van der Waals surface area contributed by atoms with Gasteiger partial charge in [0.1, 0.15) is 0 Å². The SMILES string of the molecule is CCNC(=NCc1ccc(N2CCOCC2)cc1)N1CCC(C(=O)OCC)CC1.I. The summed E-state index contributed by atoms with van der Waals surface area (Å²) in [4.78, 5) is 21.4. The summed E-state index contributed by atoms with van der Waals surface area (Å²) in [6.45, 7) is 11.0. The molecule has 3 rings (SSSR count). The number of esters is 1. The topological polar surface area (TPSA) is 66.4 Å². The maximum Gasteiger partial charge on any atom is 0.309 e. The van der Waals surface area contributed by atoms with Gasteiger partial charge in [0, 0.05) is 38.4 Å². The summed E-state index contributed by atoms with van der Waals surface area (Å²) in [5.74, 6) is 0.878. The first-order valence-corrected chi connectivity index (χ1v) is 10.8. The Morgan fingerprint density at radius 3 is 2.40 bits per heavy atom. The van der Waals surface area contributed by atoms with E-state index in [0.717, 1.165) is 64.7 Å². The molecule has 0 aliphatic carbocycles. The van der Waals surface area contributed by atoms with Crippen LogP contribution in [0.5, 0.6) is 0 Å². The molecular weight excluding hydrogens is 495 g/mol. The maximum atomic E-state index is 12.0. The van der Waals surface area contributed by atoms with Gasteiger partial charge in [0.15, 0.2) is 5.96 Å². The lowest BCUT2D eigenvalue weighted by Crippen LogP contribution is -2.46. The van der Waals surface area contributed by atoms with E-state index in [1.165, 1.54) is 11.3 Å². The molecule has 0 atom stereocenters. The molecule has 1 aromatic rings. The van der Waals surface area contributed by atoms with Crippen LogP contribution in [0.25, 0.3) is 0 Å². The summed E-state index contributed by atoms with van der Waals surface area (Å²) in [6, 6.07) is 8.66. The molecule has 2 heterocycles. The van der Waals surface area contributed by atoms with Crippen LogP contribution in [0.1, 0.15) is 32.3 Å². The standard InChI is InChI=1S/C22H34N4O3.HI/c1-3-23-22(26-11-9-19(10-12-26)21(27)29-4-2)24-17-18-5-7-20(8-6-18)25-13-15-28-16-14-25;/h5-8,19H,3-4,9-17H2,1-2H3,(H,23,24);1H. The highest BCUT2D eigenvalue weighted by Crippen LogP contribution is 2.20. The van der Waals surface area contributed by atoms with E-state index in [9.17, 15) is 4.79 Å². The minimum absolute atomic E-state index is 0. The minimum Gasteiger partial charge on any atom is -0.466 e. The number of hydrogen-bond donors (Lipinski definition) is 1. The van der Waals surface area contributed by atoms with Crippen LogP contribution in [-0.4, -0.2) is 69.4 Å². The second-order valence-electron chi connectivity index (χ2n) is 7.45. The highest BCUT2D eigenvalue weighted by molar-refractivity contribution is 14.0. The van der Waals surface area contributed by atoms with Gasteiger partial charge in [-0.15, -0.1) is 24.0 Å². The van der Waals surface area contributed by atoms with Gasteiger partial charge in [-0.05, 0) is 44.4 Å². The number of rotatable bonds is 6. The number of carbonyl (C=O) groups excluding carboxylic acids is 1. The van der Waals surface area contributed by atoms with Crippen molar-refractivity contribution in [2.24, 2.45) is 10.9 Å². The first-order valence-electron chi connectivity index (χ1n) is 10.8. The fourth-order valence-corrected chi connectivity index (χ4v) is 3.81. The number of aliphatic imine (C=N–C) groups is 1. The number of morpholine rings is 1. The Hall–Kier alpha value is -1.55. The molecule has 0 radical (unpaired) electrons. The average molecular weight is 530 g/mol. The Bertz CT molecular complexity index is 669. The van der Waals surface area contributed by atoms with Crippen LogP contribution in [0.3, 0.4) is 0 Å². The third kappa shape index (κ3) is 7.01. The van der Waals surface area contributed by atoms with Gasteiger partial charge >= 0.3 is 5.97 Å². The summed E-state index contributed by atoms with van der Waals surface area (Å²) >= 11 is 0. The molecule has 2 fully saturated rings. The molecule has 1 N–H and O–H groups in total. The second-order valence-corrected chi connectivity index (χ2v) is 7.45. The van der Waals surface area contributed by atoms with Crippen LogP contribution in [0.2, 0.25) is 0 Å². The summed E-state index contributed by atoms with van der Waals surface area (Å²) in [7, 11) is 0. The molecule has 0 amide bonds. The summed E-state index contributed by atoms with van der Waals surface area (Å²) in [5, 5.41) is 3.39. The first kappa shape index (κ1) is 24.7. The number of halogens is 1. The number of nitrogens with one attached hydrogen (secondary N) is 1. The number of piperidine rings is 1. The number of carbonyl (C=O) groups is 1. The van der Waals surface area contributed by atoms with E-state index in [1.54, 1.807) is 0 Å². The fourth-order valence-electron chi connectivity index (χ4n) is 3.81. The minimum atomic E-state index is -0.0607. The van der Waals surface area contributed by atoms with Crippen LogP contribution in [0.15, 0.2) is 29.3 Å². The van der Waals surface area contributed by atoms with Crippen molar-refractivity contribution in [3.8, 4) is 0 Å². The number of guanidine groups is 1. The average Bonchev–Trinajstić information content (AvgIpc) is 2.78. The van der Waals surface area contributed by atoms with Crippen LogP contribution < -0.4 is 10.2 Å². The molecule has 2 saturated heterocycles. The van der Waals surface area contributed by atoms with Gasteiger partial charge in [0.2, 0.25) is 0 Å². The van der Waals surface area contributed by atoms with Crippen molar-refractivity contribution >= 4 is 41.6 Å². The third-order valence-corrected chi connectivity index (χ3v) is 5.47. The van der Waals surface area contributed by atoms with E-state index >= 15 is 0 Å². The summed E-state index contributed by atoms with van der Waals surface area (Å²) in [6.07, 6.45) is 1.63. The molecule has 1 aromatic carbocycles. The van der Waals surface area contributed by atoms with Crippen molar-refractivity contribution in [1.82, 2.24) is 10.2 Å². The van der Waals surface area contributed by atoms with E-state index in [1.807, 2.05) is 6.92 Å². The van der Waals surface area contributed by atoms with Gasteiger partial charge in [-0.25, -0.2) is 4.99 Å². The van der Waals surface area contributed by atoms with Crippen molar-refractivity contribution in [3.05, 3.63) is 29.8 Å². The van der Waals surface area contributed by atoms with E-state index < -0.39 is 0 Å². The largest absolute Gasteiger partial charge is 0.466 e. The molecule has 168 valence electrons. The Labute approximate surface area is 197 Å². The van der Waals surface area contributed by atoms with Gasteiger partial charge in [-0.3, -0.25) is 4.79 Å². The first-order chi connectivity index (χ1) is 14.2. The molecule has 30 heavy (non-hydrogen) atoms. The Balaban J connectivity index is 0.00000320. The molecule has 0 aromatic heterocycles. The molecule has 0 spiro atoms.